The number of ether oxygens (including phenoxy) is 1. The van der Waals surface area contributed by atoms with Crippen LogP contribution in [0.1, 0.15) is 18.4 Å². The Balaban J connectivity index is 1.26. The van der Waals surface area contributed by atoms with Crippen molar-refractivity contribution in [1.82, 2.24) is 15.1 Å². The highest BCUT2D eigenvalue weighted by Gasteiger charge is 2.20. The van der Waals surface area contributed by atoms with Crippen molar-refractivity contribution < 1.29 is 14.3 Å². The summed E-state index contributed by atoms with van der Waals surface area (Å²) in [5.41, 5.74) is 1.30. The van der Waals surface area contributed by atoms with E-state index in [9.17, 15) is 9.59 Å². The number of nitrogens with one attached hydrogen (secondary N) is 1. The van der Waals surface area contributed by atoms with Crippen molar-refractivity contribution in [2.75, 3.05) is 39.3 Å². The lowest BCUT2D eigenvalue weighted by Gasteiger charge is -2.34. The number of piperazine rings is 1. The summed E-state index contributed by atoms with van der Waals surface area (Å²) in [5.74, 6) is 0.758. The topological polar surface area (TPSA) is 61.9 Å². The van der Waals surface area contributed by atoms with Crippen LogP contribution >= 0.6 is 0 Å². The second kappa shape index (κ2) is 11.2. The van der Waals surface area contributed by atoms with E-state index in [0.717, 1.165) is 38.5 Å². The third kappa shape index (κ3) is 7.23. The number of carbonyl (C=O) groups excluding carboxylic acids is 2. The predicted molar refractivity (Wildman–Crippen MR) is 112 cm³/mol. The van der Waals surface area contributed by atoms with Crippen molar-refractivity contribution in [3.8, 4) is 5.75 Å². The minimum Gasteiger partial charge on any atom is -0.493 e. The molecule has 0 saturated carbocycles. The van der Waals surface area contributed by atoms with E-state index in [0.29, 0.717) is 19.6 Å². The Hall–Kier alpha value is -2.86. The van der Waals surface area contributed by atoms with Crippen molar-refractivity contribution in [2.24, 2.45) is 0 Å². The maximum atomic E-state index is 12.4. The molecule has 6 heteroatoms. The average Bonchev–Trinajstić information content (AvgIpc) is 2.76. The number of para-hydroxylation sites is 1. The molecule has 1 aliphatic rings. The Kier molecular flexibility index (Phi) is 8.07. The predicted octanol–water partition coefficient (Wildman–Crippen LogP) is 2.31. The summed E-state index contributed by atoms with van der Waals surface area (Å²) in [5, 5.41) is 2.80. The number of hydrogen-bond donors (Lipinski definition) is 1. The van der Waals surface area contributed by atoms with Crippen LogP contribution in [0.5, 0.6) is 5.75 Å². The van der Waals surface area contributed by atoms with Gasteiger partial charge in [-0.2, -0.15) is 0 Å². The highest BCUT2D eigenvalue weighted by Crippen LogP contribution is 2.10. The SMILES string of the molecule is O=C(CCOc1ccccc1)NCCC(=O)N1CCN(Cc2ccccc2)CC1. The molecular formula is C23H29N3O3. The van der Waals surface area contributed by atoms with Crippen molar-refractivity contribution in [1.29, 1.82) is 0 Å². The molecular weight excluding hydrogens is 366 g/mol. The number of hydrogen-bond acceptors (Lipinski definition) is 4. The third-order valence-electron chi connectivity index (χ3n) is 4.98. The van der Waals surface area contributed by atoms with Gasteiger partial charge in [-0.3, -0.25) is 14.5 Å². The van der Waals surface area contributed by atoms with Crippen molar-refractivity contribution in [3.05, 3.63) is 66.2 Å². The molecule has 0 atom stereocenters. The smallest absolute Gasteiger partial charge is 0.224 e. The number of amides is 2. The average molecular weight is 396 g/mol. The molecule has 2 aromatic rings. The number of carbonyl (C=O) groups is 2. The van der Waals surface area contributed by atoms with Gasteiger partial charge in [0.05, 0.1) is 13.0 Å². The zero-order valence-electron chi connectivity index (χ0n) is 16.8. The zero-order valence-corrected chi connectivity index (χ0v) is 16.8. The fourth-order valence-electron chi connectivity index (χ4n) is 3.33. The lowest BCUT2D eigenvalue weighted by atomic mass is 10.2. The van der Waals surface area contributed by atoms with Crippen LogP contribution in [0, 0.1) is 0 Å². The van der Waals surface area contributed by atoms with Crippen LogP contribution in [0.25, 0.3) is 0 Å². The van der Waals surface area contributed by atoms with Gasteiger partial charge in [0.2, 0.25) is 11.8 Å². The molecule has 1 heterocycles. The Morgan fingerprint density at radius 2 is 1.52 bits per heavy atom. The maximum Gasteiger partial charge on any atom is 0.224 e. The number of rotatable bonds is 9. The summed E-state index contributed by atoms with van der Waals surface area (Å²) in [6.07, 6.45) is 0.616. The van der Waals surface area contributed by atoms with Gasteiger partial charge in [-0.15, -0.1) is 0 Å². The van der Waals surface area contributed by atoms with Crippen LogP contribution in [0.15, 0.2) is 60.7 Å². The molecule has 1 N–H and O–H groups in total. The van der Waals surface area contributed by atoms with Crippen LogP contribution < -0.4 is 10.1 Å². The number of benzene rings is 2. The van der Waals surface area contributed by atoms with Gasteiger partial charge in [-0.1, -0.05) is 48.5 Å². The summed E-state index contributed by atoms with van der Waals surface area (Å²) in [4.78, 5) is 28.5. The van der Waals surface area contributed by atoms with Crippen LogP contribution in [-0.2, 0) is 16.1 Å². The summed E-state index contributed by atoms with van der Waals surface area (Å²) in [6.45, 7) is 4.85. The van der Waals surface area contributed by atoms with Gasteiger partial charge in [-0.05, 0) is 17.7 Å². The highest BCUT2D eigenvalue weighted by atomic mass is 16.5. The van der Waals surface area contributed by atoms with Crippen LogP contribution in [0.3, 0.4) is 0 Å². The van der Waals surface area contributed by atoms with Gasteiger partial charge in [0.1, 0.15) is 5.75 Å². The first-order valence-electron chi connectivity index (χ1n) is 10.2. The summed E-state index contributed by atoms with van der Waals surface area (Å²) >= 11 is 0. The first kappa shape index (κ1) is 20.9. The fraction of sp³-hybridized carbons (Fsp3) is 0.391. The largest absolute Gasteiger partial charge is 0.493 e. The van der Waals surface area contributed by atoms with Crippen LogP contribution in [0.4, 0.5) is 0 Å². The molecule has 0 unspecified atom stereocenters. The van der Waals surface area contributed by atoms with Gasteiger partial charge in [0, 0.05) is 45.7 Å². The second-order valence-electron chi connectivity index (χ2n) is 7.15. The first-order valence-corrected chi connectivity index (χ1v) is 10.2. The molecule has 0 bridgehead atoms. The lowest BCUT2D eigenvalue weighted by molar-refractivity contribution is -0.133. The molecule has 1 saturated heterocycles. The molecule has 0 aromatic heterocycles. The molecule has 0 radical (unpaired) electrons. The minimum atomic E-state index is -0.0959. The third-order valence-corrected chi connectivity index (χ3v) is 4.98. The van der Waals surface area contributed by atoms with E-state index in [2.05, 4.69) is 34.5 Å². The monoisotopic (exact) mass is 395 g/mol. The van der Waals surface area contributed by atoms with Gasteiger partial charge < -0.3 is 15.0 Å². The van der Waals surface area contributed by atoms with Crippen LogP contribution in [-0.4, -0.2) is 60.9 Å². The Labute approximate surface area is 172 Å². The first-order chi connectivity index (χ1) is 14.2. The van der Waals surface area contributed by atoms with Crippen molar-refractivity contribution in [3.63, 3.8) is 0 Å². The van der Waals surface area contributed by atoms with E-state index < -0.39 is 0 Å². The van der Waals surface area contributed by atoms with Crippen molar-refractivity contribution >= 4 is 11.8 Å². The molecule has 3 rings (SSSR count). The highest BCUT2D eigenvalue weighted by molar-refractivity contribution is 5.79. The standard InChI is InChI=1S/C23H29N3O3/c27-22(12-18-29-21-9-5-2-6-10-21)24-13-11-23(28)26-16-14-25(15-17-26)19-20-7-3-1-4-8-20/h1-10H,11-19H2,(H,24,27). The van der Waals surface area contributed by atoms with E-state index in [1.54, 1.807) is 0 Å². The molecule has 0 spiro atoms. The molecule has 1 aliphatic heterocycles. The number of nitrogens with zero attached hydrogens (tertiary/aromatic N) is 2. The van der Waals surface area contributed by atoms with E-state index >= 15 is 0 Å². The van der Waals surface area contributed by atoms with Gasteiger partial charge >= 0.3 is 0 Å². The zero-order chi connectivity index (χ0) is 20.3. The van der Waals surface area contributed by atoms with Gasteiger partial charge in [-0.25, -0.2) is 0 Å². The Morgan fingerprint density at radius 3 is 2.21 bits per heavy atom. The lowest BCUT2D eigenvalue weighted by Crippen LogP contribution is -2.48. The molecule has 6 nitrogen and oxygen atoms in total. The fourth-order valence-corrected chi connectivity index (χ4v) is 3.33. The van der Waals surface area contributed by atoms with Gasteiger partial charge in [0.15, 0.2) is 0 Å². The normalized spacial score (nSPS) is 14.4. The second-order valence-corrected chi connectivity index (χ2v) is 7.15. The molecule has 154 valence electrons. The Morgan fingerprint density at radius 1 is 0.862 bits per heavy atom. The Bertz CT molecular complexity index is 759. The minimum absolute atomic E-state index is 0.0959. The summed E-state index contributed by atoms with van der Waals surface area (Å²) < 4.78 is 5.51. The molecule has 1 fully saturated rings. The van der Waals surface area contributed by atoms with E-state index in [1.165, 1.54) is 5.56 Å². The summed E-state index contributed by atoms with van der Waals surface area (Å²) in [7, 11) is 0. The van der Waals surface area contributed by atoms with Crippen LogP contribution in [0.2, 0.25) is 0 Å². The van der Waals surface area contributed by atoms with Crippen molar-refractivity contribution in [2.45, 2.75) is 19.4 Å². The van der Waals surface area contributed by atoms with E-state index in [4.69, 9.17) is 4.74 Å². The summed E-state index contributed by atoms with van der Waals surface area (Å²) in [6, 6.07) is 19.8. The molecule has 0 aliphatic carbocycles. The quantitative estimate of drug-likeness (QED) is 0.708. The molecule has 2 aromatic carbocycles. The molecule has 29 heavy (non-hydrogen) atoms. The van der Waals surface area contributed by atoms with E-state index in [1.807, 2.05) is 41.3 Å². The molecule has 2 amide bonds. The van der Waals surface area contributed by atoms with Gasteiger partial charge in [0.25, 0.3) is 0 Å². The maximum absolute atomic E-state index is 12.4. The van der Waals surface area contributed by atoms with E-state index in [-0.39, 0.29) is 18.2 Å².